The molecular weight excluding hydrogens is 342 g/mol. The predicted octanol–water partition coefficient (Wildman–Crippen LogP) is 3.06. The van der Waals surface area contributed by atoms with Crippen molar-refractivity contribution >= 4 is 22.6 Å². The van der Waals surface area contributed by atoms with Gasteiger partial charge in [0.05, 0.1) is 5.69 Å². The number of carboxylic acids is 1. The van der Waals surface area contributed by atoms with E-state index >= 15 is 0 Å². The fourth-order valence-corrected chi connectivity index (χ4v) is 3.33. The number of nitrogens with one attached hydrogen (secondary N) is 1. The molecule has 0 bridgehead atoms. The molecule has 3 rings (SSSR count). The molecule has 2 N–H and O–H groups in total. The lowest BCUT2D eigenvalue weighted by atomic mass is 10.0. The Morgan fingerprint density at radius 2 is 1.85 bits per heavy atom. The highest BCUT2D eigenvalue weighted by molar-refractivity contribution is 5.88. The molecule has 0 aliphatic carbocycles. The van der Waals surface area contributed by atoms with Crippen LogP contribution in [0.15, 0.2) is 42.5 Å². The molecule has 1 atom stereocenters. The average molecular weight is 365 g/mol. The lowest BCUT2D eigenvalue weighted by Crippen LogP contribution is -2.33. The normalized spacial score (nSPS) is 12.1. The third-order valence-corrected chi connectivity index (χ3v) is 4.92. The van der Waals surface area contributed by atoms with Crippen molar-refractivity contribution in [3.05, 3.63) is 65.0 Å². The van der Waals surface area contributed by atoms with Gasteiger partial charge >= 0.3 is 5.97 Å². The quantitative estimate of drug-likeness (QED) is 0.703. The minimum atomic E-state index is -1.08. The van der Waals surface area contributed by atoms with Crippen LogP contribution in [0, 0.1) is 13.8 Å². The number of aliphatic carboxylic acids is 1. The van der Waals surface area contributed by atoms with Crippen LogP contribution >= 0.6 is 0 Å². The molecule has 27 heavy (non-hydrogen) atoms. The van der Waals surface area contributed by atoms with E-state index in [2.05, 4.69) is 10.4 Å². The average Bonchev–Trinajstić information content (AvgIpc) is 2.89. The zero-order valence-corrected chi connectivity index (χ0v) is 15.7. The highest BCUT2D eigenvalue weighted by Gasteiger charge is 2.22. The second kappa shape index (κ2) is 7.61. The van der Waals surface area contributed by atoms with Gasteiger partial charge in [0.1, 0.15) is 0 Å². The maximum absolute atomic E-state index is 12.4. The molecule has 0 saturated heterocycles. The summed E-state index contributed by atoms with van der Waals surface area (Å²) in [6, 6.07) is 12.1. The first-order chi connectivity index (χ1) is 12.9. The minimum Gasteiger partial charge on any atom is -0.479 e. The molecule has 0 radical (unpaired) electrons. The van der Waals surface area contributed by atoms with Crippen LogP contribution in [0.3, 0.4) is 0 Å². The molecule has 6 heteroatoms. The molecular formula is C21H23N3O3. The van der Waals surface area contributed by atoms with Gasteiger partial charge in [-0.05, 0) is 48.2 Å². The summed E-state index contributed by atoms with van der Waals surface area (Å²) < 4.78 is 1.79. The number of benzene rings is 2. The summed E-state index contributed by atoms with van der Waals surface area (Å²) in [5.74, 6) is -1.37. The fourth-order valence-electron chi connectivity index (χ4n) is 3.33. The predicted molar refractivity (Wildman–Crippen MR) is 103 cm³/mol. The topological polar surface area (TPSA) is 84.2 Å². The van der Waals surface area contributed by atoms with Crippen LogP contribution in [-0.4, -0.2) is 26.8 Å². The molecule has 1 heterocycles. The standard InChI is InChI=1S/C21H23N3O3/c1-13-18(14(2)24(3)23-13)10-11-19(25)22-20(21(26)27)17-9-8-15-6-4-5-7-16(15)12-17/h4-9,12,20H,10-11H2,1-3H3,(H,22,25)(H,26,27). The summed E-state index contributed by atoms with van der Waals surface area (Å²) >= 11 is 0. The van der Waals surface area contributed by atoms with E-state index in [1.165, 1.54) is 0 Å². The molecule has 0 spiro atoms. The van der Waals surface area contributed by atoms with Crippen molar-refractivity contribution in [3.63, 3.8) is 0 Å². The van der Waals surface area contributed by atoms with Gasteiger partial charge in [-0.15, -0.1) is 0 Å². The lowest BCUT2D eigenvalue weighted by molar-refractivity contribution is -0.142. The Balaban J connectivity index is 1.73. The van der Waals surface area contributed by atoms with E-state index in [1.54, 1.807) is 10.7 Å². The van der Waals surface area contributed by atoms with Crippen LogP contribution in [0.5, 0.6) is 0 Å². The van der Waals surface area contributed by atoms with E-state index in [9.17, 15) is 14.7 Å². The van der Waals surface area contributed by atoms with Crippen LogP contribution < -0.4 is 5.32 Å². The molecule has 1 amide bonds. The molecule has 0 fully saturated rings. The summed E-state index contributed by atoms with van der Waals surface area (Å²) in [5, 5.41) is 18.6. The van der Waals surface area contributed by atoms with Gasteiger partial charge < -0.3 is 10.4 Å². The number of carbonyl (C=O) groups is 2. The maximum Gasteiger partial charge on any atom is 0.330 e. The summed E-state index contributed by atoms with van der Waals surface area (Å²) in [4.78, 5) is 24.1. The first-order valence-corrected chi connectivity index (χ1v) is 8.86. The monoisotopic (exact) mass is 365 g/mol. The van der Waals surface area contributed by atoms with E-state index in [-0.39, 0.29) is 12.3 Å². The number of aromatic nitrogens is 2. The highest BCUT2D eigenvalue weighted by atomic mass is 16.4. The molecule has 0 aliphatic heterocycles. The number of aryl methyl sites for hydroxylation is 2. The molecule has 1 aromatic heterocycles. The molecule has 0 saturated carbocycles. The zero-order chi connectivity index (χ0) is 19.6. The Bertz CT molecular complexity index is 1010. The van der Waals surface area contributed by atoms with Crippen molar-refractivity contribution in [1.29, 1.82) is 0 Å². The van der Waals surface area contributed by atoms with Crippen LogP contribution in [-0.2, 0) is 23.1 Å². The maximum atomic E-state index is 12.4. The molecule has 140 valence electrons. The number of hydrogen-bond acceptors (Lipinski definition) is 3. The van der Waals surface area contributed by atoms with Crippen LogP contribution in [0.2, 0.25) is 0 Å². The second-order valence-electron chi connectivity index (χ2n) is 6.72. The van der Waals surface area contributed by atoms with Crippen LogP contribution in [0.1, 0.15) is 35.0 Å². The molecule has 0 aliphatic rings. The first kappa shape index (κ1) is 18.6. The summed E-state index contributed by atoms with van der Waals surface area (Å²) in [6.07, 6.45) is 0.742. The van der Waals surface area contributed by atoms with Crippen molar-refractivity contribution in [3.8, 4) is 0 Å². The van der Waals surface area contributed by atoms with Gasteiger partial charge in [0.15, 0.2) is 6.04 Å². The zero-order valence-electron chi connectivity index (χ0n) is 15.7. The molecule has 1 unspecified atom stereocenters. The van der Waals surface area contributed by atoms with Gasteiger partial charge in [0, 0.05) is 19.2 Å². The summed E-state index contributed by atoms with van der Waals surface area (Å²) in [7, 11) is 1.87. The Morgan fingerprint density at radius 3 is 2.48 bits per heavy atom. The van der Waals surface area contributed by atoms with Gasteiger partial charge in [0.25, 0.3) is 0 Å². The van der Waals surface area contributed by atoms with Crippen LogP contribution in [0.4, 0.5) is 0 Å². The van der Waals surface area contributed by atoms with Gasteiger partial charge in [-0.2, -0.15) is 5.10 Å². The fraction of sp³-hybridized carbons (Fsp3) is 0.286. The van der Waals surface area contributed by atoms with Crippen LogP contribution in [0.25, 0.3) is 10.8 Å². The number of rotatable bonds is 6. The van der Waals surface area contributed by atoms with Crippen molar-refractivity contribution < 1.29 is 14.7 Å². The van der Waals surface area contributed by atoms with E-state index in [1.807, 2.05) is 57.3 Å². The number of nitrogens with zero attached hydrogens (tertiary/aromatic N) is 2. The van der Waals surface area contributed by atoms with E-state index in [0.29, 0.717) is 12.0 Å². The van der Waals surface area contributed by atoms with Crippen molar-refractivity contribution in [2.45, 2.75) is 32.7 Å². The molecule has 3 aromatic rings. The van der Waals surface area contributed by atoms with Gasteiger partial charge in [0.2, 0.25) is 5.91 Å². The number of amides is 1. The third kappa shape index (κ3) is 4.00. The number of fused-ring (bicyclic) bond motifs is 1. The molecule has 6 nitrogen and oxygen atoms in total. The van der Waals surface area contributed by atoms with E-state index in [0.717, 1.165) is 27.7 Å². The number of carbonyl (C=O) groups excluding carboxylic acids is 1. The number of carboxylic acid groups (broad SMARTS) is 1. The Hall–Kier alpha value is -3.15. The van der Waals surface area contributed by atoms with Gasteiger partial charge in [-0.25, -0.2) is 4.79 Å². The van der Waals surface area contributed by atoms with Crippen molar-refractivity contribution in [2.24, 2.45) is 7.05 Å². The Morgan fingerprint density at radius 1 is 1.15 bits per heavy atom. The minimum absolute atomic E-state index is 0.213. The second-order valence-corrected chi connectivity index (χ2v) is 6.72. The highest BCUT2D eigenvalue weighted by Crippen LogP contribution is 2.21. The summed E-state index contributed by atoms with van der Waals surface area (Å²) in [5.41, 5.74) is 3.50. The van der Waals surface area contributed by atoms with Gasteiger partial charge in [-0.1, -0.05) is 36.4 Å². The Kier molecular flexibility index (Phi) is 5.26. The van der Waals surface area contributed by atoms with Crippen molar-refractivity contribution in [2.75, 3.05) is 0 Å². The lowest BCUT2D eigenvalue weighted by Gasteiger charge is -2.16. The van der Waals surface area contributed by atoms with E-state index in [4.69, 9.17) is 0 Å². The number of hydrogen-bond donors (Lipinski definition) is 2. The first-order valence-electron chi connectivity index (χ1n) is 8.86. The summed E-state index contributed by atoms with van der Waals surface area (Å²) in [6.45, 7) is 3.87. The van der Waals surface area contributed by atoms with Gasteiger partial charge in [-0.3, -0.25) is 9.48 Å². The van der Waals surface area contributed by atoms with E-state index < -0.39 is 12.0 Å². The smallest absolute Gasteiger partial charge is 0.330 e. The molecule has 2 aromatic carbocycles. The largest absolute Gasteiger partial charge is 0.479 e. The SMILES string of the molecule is Cc1nn(C)c(C)c1CCC(=O)NC(C(=O)O)c1ccc2ccccc2c1. The van der Waals surface area contributed by atoms with Crippen molar-refractivity contribution in [1.82, 2.24) is 15.1 Å². The Labute approximate surface area is 157 Å². The third-order valence-electron chi connectivity index (χ3n) is 4.92.